The van der Waals surface area contributed by atoms with E-state index in [2.05, 4.69) is 40.8 Å². The molecular formula is C14H15BrClNS. The number of aryl methyl sites for hydroxylation is 1. The predicted molar refractivity (Wildman–Crippen MR) is 83.5 cm³/mol. The van der Waals surface area contributed by atoms with Crippen LogP contribution in [-0.4, -0.2) is 4.98 Å². The van der Waals surface area contributed by atoms with Crippen molar-refractivity contribution in [1.29, 1.82) is 0 Å². The fourth-order valence-electron chi connectivity index (χ4n) is 1.80. The van der Waals surface area contributed by atoms with Gasteiger partial charge in [-0.05, 0) is 46.8 Å². The van der Waals surface area contributed by atoms with Crippen LogP contribution in [-0.2, 0) is 6.42 Å². The molecule has 0 saturated heterocycles. The summed E-state index contributed by atoms with van der Waals surface area (Å²) in [5.41, 5.74) is 3.26. The Kier molecular flexibility index (Phi) is 4.46. The number of aromatic nitrogens is 1. The van der Waals surface area contributed by atoms with E-state index in [0.717, 1.165) is 32.2 Å². The first-order valence-corrected chi connectivity index (χ1v) is 7.88. The molecule has 18 heavy (non-hydrogen) atoms. The smallest absolute Gasteiger partial charge is 0.160 e. The molecule has 0 N–H and O–H groups in total. The van der Waals surface area contributed by atoms with E-state index in [0.29, 0.717) is 5.92 Å². The van der Waals surface area contributed by atoms with Crippen molar-refractivity contribution in [1.82, 2.24) is 4.98 Å². The number of nitrogens with zero attached hydrogens (tertiary/aromatic N) is 1. The number of hydrogen-bond donors (Lipinski definition) is 0. The third-order valence-corrected chi connectivity index (χ3v) is 4.65. The molecule has 0 aliphatic heterocycles. The highest BCUT2D eigenvalue weighted by Gasteiger charge is 2.13. The summed E-state index contributed by atoms with van der Waals surface area (Å²) in [5, 5.41) is 0.798. The van der Waals surface area contributed by atoms with Crippen molar-refractivity contribution in [3.05, 3.63) is 37.6 Å². The summed E-state index contributed by atoms with van der Waals surface area (Å²) in [7, 11) is 0. The van der Waals surface area contributed by atoms with Crippen molar-refractivity contribution in [3.63, 3.8) is 0 Å². The van der Waals surface area contributed by atoms with Crippen molar-refractivity contribution < 1.29 is 0 Å². The third kappa shape index (κ3) is 3.14. The van der Waals surface area contributed by atoms with Crippen LogP contribution in [0.2, 0.25) is 5.02 Å². The Hall–Kier alpha value is -0.380. The molecule has 1 aromatic carbocycles. The number of thiazole rings is 1. The third-order valence-electron chi connectivity index (χ3n) is 2.71. The van der Waals surface area contributed by atoms with Gasteiger partial charge in [-0.25, -0.2) is 4.98 Å². The lowest BCUT2D eigenvalue weighted by atomic mass is 10.0. The van der Waals surface area contributed by atoms with Gasteiger partial charge in [0.25, 0.3) is 0 Å². The highest BCUT2D eigenvalue weighted by atomic mass is 79.9. The summed E-state index contributed by atoms with van der Waals surface area (Å²) in [6, 6.07) is 6.14. The van der Waals surface area contributed by atoms with Crippen LogP contribution in [0.25, 0.3) is 11.3 Å². The lowest BCUT2D eigenvalue weighted by molar-refractivity contribution is 0.654. The van der Waals surface area contributed by atoms with Gasteiger partial charge in [0.05, 0.1) is 5.69 Å². The molecule has 0 atom stereocenters. The van der Waals surface area contributed by atoms with Crippen molar-refractivity contribution in [2.24, 2.45) is 5.92 Å². The summed E-state index contributed by atoms with van der Waals surface area (Å²) in [4.78, 5) is 5.90. The van der Waals surface area contributed by atoms with Crippen LogP contribution >= 0.6 is 38.9 Å². The Labute approximate surface area is 125 Å². The van der Waals surface area contributed by atoms with Crippen molar-refractivity contribution in [2.45, 2.75) is 27.2 Å². The molecule has 0 aliphatic rings. The molecule has 0 amide bonds. The monoisotopic (exact) mass is 343 g/mol. The van der Waals surface area contributed by atoms with E-state index in [1.165, 1.54) is 4.88 Å². The summed E-state index contributed by atoms with van der Waals surface area (Å²) in [6.45, 7) is 6.46. The zero-order valence-corrected chi connectivity index (χ0v) is 13.8. The lowest BCUT2D eigenvalue weighted by Crippen LogP contribution is -1.94. The van der Waals surface area contributed by atoms with Crippen molar-refractivity contribution in [3.8, 4) is 11.3 Å². The second-order valence-corrected chi connectivity index (χ2v) is 7.57. The molecule has 4 heteroatoms. The second kappa shape index (κ2) is 5.72. The van der Waals surface area contributed by atoms with Gasteiger partial charge in [-0.3, -0.25) is 0 Å². The molecule has 0 fully saturated rings. The number of benzene rings is 1. The molecule has 1 heterocycles. The highest BCUT2D eigenvalue weighted by molar-refractivity contribution is 9.11. The standard InChI is InChI=1S/C14H15BrClNS/c1-8(2)6-12-13(17-14(15)18-12)10-5-4-9(3)11(16)7-10/h4-5,7-8H,6H2,1-3H3. The van der Waals surface area contributed by atoms with E-state index < -0.39 is 0 Å². The number of halogens is 2. The topological polar surface area (TPSA) is 12.9 Å². The van der Waals surface area contributed by atoms with Gasteiger partial charge >= 0.3 is 0 Å². The molecule has 0 bridgehead atoms. The second-order valence-electron chi connectivity index (χ2n) is 4.80. The van der Waals surface area contributed by atoms with Gasteiger partial charge in [0, 0.05) is 15.5 Å². The molecule has 1 nitrogen and oxygen atoms in total. The Balaban J connectivity index is 2.45. The van der Waals surface area contributed by atoms with E-state index in [9.17, 15) is 0 Å². The van der Waals surface area contributed by atoms with Gasteiger partial charge in [0.1, 0.15) is 0 Å². The molecule has 0 unspecified atom stereocenters. The Morgan fingerprint density at radius 1 is 1.39 bits per heavy atom. The molecule has 96 valence electrons. The molecule has 2 rings (SSSR count). The predicted octanol–water partition coefficient (Wildman–Crippen LogP) is 5.73. The average Bonchev–Trinajstić information content (AvgIpc) is 2.62. The van der Waals surface area contributed by atoms with Gasteiger partial charge in [-0.1, -0.05) is 37.6 Å². The van der Waals surface area contributed by atoms with Crippen LogP contribution < -0.4 is 0 Å². The fourth-order valence-corrected chi connectivity index (χ4v) is 3.76. The summed E-state index contributed by atoms with van der Waals surface area (Å²) in [5.74, 6) is 0.622. The molecule has 0 saturated carbocycles. The number of rotatable bonds is 3. The Bertz CT molecular complexity index is 563. The van der Waals surface area contributed by atoms with Gasteiger partial charge in [-0.2, -0.15) is 0 Å². The van der Waals surface area contributed by atoms with Crippen LogP contribution in [0.1, 0.15) is 24.3 Å². The first-order valence-electron chi connectivity index (χ1n) is 5.89. The zero-order valence-electron chi connectivity index (χ0n) is 10.6. The van der Waals surface area contributed by atoms with Gasteiger partial charge < -0.3 is 0 Å². The van der Waals surface area contributed by atoms with Crippen LogP contribution in [0.4, 0.5) is 0 Å². The maximum atomic E-state index is 6.19. The largest absolute Gasteiger partial charge is 0.229 e. The Morgan fingerprint density at radius 2 is 2.11 bits per heavy atom. The maximum absolute atomic E-state index is 6.19. The van der Waals surface area contributed by atoms with Crippen LogP contribution in [0.3, 0.4) is 0 Å². The van der Waals surface area contributed by atoms with Gasteiger partial charge in [0.2, 0.25) is 0 Å². The lowest BCUT2D eigenvalue weighted by Gasteiger charge is -2.06. The molecule has 0 spiro atoms. The first-order chi connectivity index (χ1) is 8.47. The highest BCUT2D eigenvalue weighted by Crippen LogP contribution is 2.34. The van der Waals surface area contributed by atoms with E-state index in [1.54, 1.807) is 11.3 Å². The van der Waals surface area contributed by atoms with E-state index in [-0.39, 0.29) is 0 Å². The summed E-state index contributed by atoms with van der Waals surface area (Å²) in [6.07, 6.45) is 1.05. The van der Waals surface area contributed by atoms with E-state index in [1.807, 2.05) is 19.1 Å². The minimum atomic E-state index is 0.622. The molecule has 1 aromatic heterocycles. The summed E-state index contributed by atoms with van der Waals surface area (Å²) < 4.78 is 0.935. The molecule has 0 aliphatic carbocycles. The molecule has 2 aromatic rings. The normalized spacial score (nSPS) is 11.2. The molecular weight excluding hydrogens is 330 g/mol. The fraction of sp³-hybridized carbons (Fsp3) is 0.357. The van der Waals surface area contributed by atoms with E-state index >= 15 is 0 Å². The van der Waals surface area contributed by atoms with Crippen molar-refractivity contribution >= 4 is 38.9 Å². The minimum absolute atomic E-state index is 0.622. The average molecular weight is 345 g/mol. The Morgan fingerprint density at radius 3 is 2.72 bits per heavy atom. The van der Waals surface area contributed by atoms with E-state index in [4.69, 9.17) is 11.6 Å². The van der Waals surface area contributed by atoms with Crippen LogP contribution in [0, 0.1) is 12.8 Å². The quantitative estimate of drug-likeness (QED) is 0.692. The summed E-state index contributed by atoms with van der Waals surface area (Å²) >= 11 is 11.4. The maximum Gasteiger partial charge on any atom is 0.160 e. The van der Waals surface area contributed by atoms with Crippen molar-refractivity contribution in [2.75, 3.05) is 0 Å². The van der Waals surface area contributed by atoms with Crippen LogP contribution in [0.15, 0.2) is 22.1 Å². The SMILES string of the molecule is Cc1ccc(-c2nc(Br)sc2CC(C)C)cc1Cl. The minimum Gasteiger partial charge on any atom is -0.229 e. The number of hydrogen-bond acceptors (Lipinski definition) is 2. The first kappa shape index (κ1) is 14.0. The molecule has 0 radical (unpaired) electrons. The zero-order chi connectivity index (χ0) is 13.3. The van der Waals surface area contributed by atoms with Gasteiger partial charge in [-0.15, -0.1) is 11.3 Å². The van der Waals surface area contributed by atoms with Crippen LogP contribution in [0.5, 0.6) is 0 Å². The van der Waals surface area contributed by atoms with Gasteiger partial charge in [0.15, 0.2) is 3.92 Å².